The van der Waals surface area contributed by atoms with Crippen molar-refractivity contribution in [3.8, 4) is 5.75 Å². The van der Waals surface area contributed by atoms with Crippen LogP contribution >= 0.6 is 0 Å². The molecular weight excluding hydrogens is 348 g/mol. The van der Waals surface area contributed by atoms with Gasteiger partial charge in [-0.2, -0.15) is 0 Å². The Bertz CT molecular complexity index is 853. The van der Waals surface area contributed by atoms with Gasteiger partial charge in [-0.1, -0.05) is 78.4 Å². The Morgan fingerprint density at radius 2 is 1.43 bits per heavy atom. The number of carbonyl (C=O) groups is 1. The lowest BCUT2D eigenvalue weighted by Gasteiger charge is -2.23. The molecule has 0 bridgehead atoms. The highest BCUT2D eigenvalue weighted by Gasteiger charge is 2.14. The van der Waals surface area contributed by atoms with Gasteiger partial charge in [0.2, 0.25) is 0 Å². The number of carbonyl (C=O) groups excluding carboxylic acids is 1. The molecule has 3 rings (SSSR count). The van der Waals surface area contributed by atoms with E-state index in [9.17, 15) is 4.79 Å². The smallest absolute Gasteiger partial charge is 0.320 e. The summed E-state index contributed by atoms with van der Waals surface area (Å²) in [6.07, 6.45) is 0. The predicted molar refractivity (Wildman–Crippen MR) is 112 cm³/mol. The number of hydrogen-bond donors (Lipinski definition) is 1. The van der Waals surface area contributed by atoms with Crippen molar-refractivity contribution in [2.45, 2.75) is 26.9 Å². The standard InChI is InChI=1S/C24H26N2O2/c1-19-13-14-23(20(2)15-19)28-18-25-24(27)26(16-21-9-5-3-6-10-21)17-22-11-7-4-8-12-22/h3-15H,16-18H2,1-2H3,(H,25,27). The number of hydrogen-bond acceptors (Lipinski definition) is 2. The Morgan fingerprint density at radius 1 is 0.857 bits per heavy atom. The Morgan fingerprint density at radius 3 is 1.96 bits per heavy atom. The van der Waals surface area contributed by atoms with E-state index < -0.39 is 0 Å². The van der Waals surface area contributed by atoms with E-state index in [4.69, 9.17) is 4.74 Å². The number of urea groups is 1. The topological polar surface area (TPSA) is 41.6 Å². The third-order valence-corrected chi connectivity index (χ3v) is 4.50. The molecule has 3 aromatic rings. The van der Waals surface area contributed by atoms with Crippen LogP contribution in [0, 0.1) is 13.8 Å². The molecule has 0 aliphatic heterocycles. The van der Waals surface area contributed by atoms with Gasteiger partial charge in [0.25, 0.3) is 0 Å². The first-order chi connectivity index (χ1) is 13.6. The summed E-state index contributed by atoms with van der Waals surface area (Å²) >= 11 is 0. The first-order valence-corrected chi connectivity index (χ1v) is 9.42. The van der Waals surface area contributed by atoms with Gasteiger partial charge < -0.3 is 15.0 Å². The first-order valence-electron chi connectivity index (χ1n) is 9.42. The maximum atomic E-state index is 12.8. The van der Waals surface area contributed by atoms with Crippen LogP contribution in [-0.4, -0.2) is 17.7 Å². The number of amides is 2. The van der Waals surface area contributed by atoms with Gasteiger partial charge in [-0.15, -0.1) is 0 Å². The van der Waals surface area contributed by atoms with Crippen LogP contribution in [0.4, 0.5) is 4.79 Å². The predicted octanol–water partition coefficient (Wildman–Crippen LogP) is 5.05. The number of benzene rings is 3. The molecule has 0 aliphatic rings. The van der Waals surface area contributed by atoms with Crippen LogP contribution in [0.5, 0.6) is 5.75 Å². The summed E-state index contributed by atoms with van der Waals surface area (Å²) in [5.41, 5.74) is 4.42. The monoisotopic (exact) mass is 374 g/mol. The van der Waals surface area contributed by atoms with Crippen LogP contribution in [0.1, 0.15) is 22.3 Å². The van der Waals surface area contributed by atoms with E-state index in [1.54, 1.807) is 4.90 Å². The fourth-order valence-electron chi connectivity index (χ4n) is 3.06. The van der Waals surface area contributed by atoms with E-state index in [0.717, 1.165) is 22.4 Å². The number of nitrogens with zero attached hydrogens (tertiary/aromatic N) is 1. The Labute approximate surface area is 166 Å². The van der Waals surface area contributed by atoms with Gasteiger partial charge in [0.15, 0.2) is 6.73 Å². The Balaban J connectivity index is 1.63. The summed E-state index contributed by atoms with van der Waals surface area (Å²) < 4.78 is 5.75. The maximum Gasteiger partial charge on any atom is 0.320 e. The van der Waals surface area contributed by atoms with Gasteiger partial charge in [0.1, 0.15) is 5.75 Å². The lowest BCUT2D eigenvalue weighted by atomic mass is 10.1. The van der Waals surface area contributed by atoms with Crippen LogP contribution in [0.15, 0.2) is 78.9 Å². The van der Waals surface area contributed by atoms with Crippen molar-refractivity contribution >= 4 is 6.03 Å². The van der Waals surface area contributed by atoms with Crippen LogP contribution in [-0.2, 0) is 13.1 Å². The normalized spacial score (nSPS) is 10.4. The molecule has 0 fully saturated rings. The van der Waals surface area contributed by atoms with E-state index in [-0.39, 0.29) is 12.8 Å². The molecule has 3 aromatic carbocycles. The van der Waals surface area contributed by atoms with Gasteiger partial charge in [0.05, 0.1) is 0 Å². The summed E-state index contributed by atoms with van der Waals surface area (Å²) in [6.45, 7) is 5.24. The summed E-state index contributed by atoms with van der Waals surface area (Å²) in [5.74, 6) is 0.781. The average molecular weight is 374 g/mol. The minimum absolute atomic E-state index is 0.128. The lowest BCUT2D eigenvalue weighted by Crippen LogP contribution is -2.40. The Kier molecular flexibility index (Phi) is 6.68. The number of ether oxygens (including phenoxy) is 1. The van der Waals surface area contributed by atoms with Crippen molar-refractivity contribution < 1.29 is 9.53 Å². The lowest BCUT2D eigenvalue weighted by molar-refractivity contribution is 0.179. The SMILES string of the molecule is Cc1ccc(OCNC(=O)N(Cc2ccccc2)Cc2ccccc2)c(C)c1. The van der Waals surface area contributed by atoms with E-state index in [0.29, 0.717) is 13.1 Å². The molecule has 0 spiro atoms. The summed E-state index contributed by atoms with van der Waals surface area (Å²) in [4.78, 5) is 14.6. The molecule has 2 amide bonds. The second-order valence-corrected chi connectivity index (χ2v) is 6.87. The third kappa shape index (κ3) is 5.61. The highest BCUT2D eigenvalue weighted by atomic mass is 16.5. The molecule has 28 heavy (non-hydrogen) atoms. The van der Waals surface area contributed by atoms with Crippen LogP contribution in [0.25, 0.3) is 0 Å². The van der Waals surface area contributed by atoms with Crippen molar-refractivity contribution in [2.75, 3.05) is 6.73 Å². The number of aryl methyl sites for hydroxylation is 2. The average Bonchev–Trinajstić information content (AvgIpc) is 2.70. The van der Waals surface area contributed by atoms with Crippen molar-refractivity contribution in [1.29, 1.82) is 0 Å². The molecule has 0 radical (unpaired) electrons. The van der Waals surface area contributed by atoms with Crippen LogP contribution < -0.4 is 10.1 Å². The highest BCUT2D eigenvalue weighted by Crippen LogP contribution is 2.18. The number of rotatable bonds is 7. The minimum Gasteiger partial charge on any atom is -0.473 e. The highest BCUT2D eigenvalue weighted by molar-refractivity contribution is 5.74. The molecule has 0 saturated heterocycles. The van der Waals surface area contributed by atoms with Crippen LogP contribution in [0.2, 0.25) is 0 Å². The summed E-state index contributed by atoms with van der Waals surface area (Å²) in [6, 6.07) is 25.8. The zero-order valence-electron chi connectivity index (χ0n) is 16.4. The van der Waals surface area contributed by atoms with Crippen molar-refractivity contribution in [3.05, 3.63) is 101 Å². The second kappa shape index (κ2) is 9.60. The fourth-order valence-corrected chi connectivity index (χ4v) is 3.06. The van der Waals surface area contributed by atoms with Crippen LogP contribution in [0.3, 0.4) is 0 Å². The molecule has 1 N–H and O–H groups in total. The largest absolute Gasteiger partial charge is 0.473 e. The maximum absolute atomic E-state index is 12.8. The van der Waals surface area contributed by atoms with Crippen molar-refractivity contribution in [3.63, 3.8) is 0 Å². The van der Waals surface area contributed by atoms with Gasteiger partial charge >= 0.3 is 6.03 Å². The molecule has 4 heteroatoms. The third-order valence-electron chi connectivity index (χ3n) is 4.50. The zero-order valence-corrected chi connectivity index (χ0v) is 16.4. The minimum atomic E-state index is -0.155. The summed E-state index contributed by atoms with van der Waals surface area (Å²) in [7, 11) is 0. The second-order valence-electron chi connectivity index (χ2n) is 6.87. The first kappa shape index (κ1) is 19.5. The van der Waals surface area contributed by atoms with Crippen molar-refractivity contribution in [1.82, 2.24) is 10.2 Å². The van der Waals surface area contributed by atoms with E-state index in [2.05, 4.69) is 11.4 Å². The molecule has 0 unspecified atom stereocenters. The number of nitrogens with one attached hydrogen (secondary N) is 1. The Hall–Kier alpha value is -3.27. The molecular formula is C24H26N2O2. The molecule has 0 aromatic heterocycles. The fraction of sp³-hybridized carbons (Fsp3) is 0.208. The molecule has 0 heterocycles. The van der Waals surface area contributed by atoms with Gasteiger partial charge in [-0.3, -0.25) is 0 Å². The molecule has 4 nitrogen and oxygen atoms in total. The van der Waals surface area contributed by atoms with Gasteiger partial charge in [-0.25, -0.2) is 4.79 Å². The molecule has 0 atom stereocenters. The quantitative estimate of drug-likeness (QED) is 0.588. The van der Waals surface area contributed by atoms with Gasteiger partial charge in [0, 0.05) is 13.1 Å². The summed E-state index contributed by atoms with van der Waals surface area (Å²) in [5, 5.41) is 2.88. The molecule has 0 aliphatic carbocycles. The van der Waals surface area contributed by atoms with Crippen molar-refractivity contribution in [2.24, 2.45) is 0 Å². The molecule has 0 saturated carbocycles. The van der Waals surface area contributed by atoms with E-state index in [1.807, 2.05) is 86.6 Å². The molecule has 144 valence electrons. The zero-order chi connectivity index (χ0) is 19.8. The van der Waals surface area contributed by atoms with E-state index >= 15 is 0 Å². The van der Waals surface area contributed by atoms with E-state index in [1.165, 1.54) is 5.56 Å². The van der Waals surface area contributed by atoms with Gasteiger partial charge in [-0.05, 0) is 36.6 Å².